The molecule has 0 atom stereocenters. The molecule has 0 fully saturated rings. The van der Waals surface area contributed by atoms with Gasteiger partial charge in [-0.15, -0.1) is 0 Å². The second-order valence-corrected chi connectivity index (χ2v) is 4.20. The van der Waals surface area contributed by atoms with Gasteiger partial charge in [-0.3, -0.25) is 9.59 Å². The highest BCUT2D eigenvalue weighted by Crippen LogP contribution is 2.32. The van der Waals surface area contributed by atoms with Gasteiger partial charge < -0.3 is 4.74 Å². The maximum Gasteiger partial charge on any atom is 0.319 e. The first-order chi connectivity index (χ1) is 8.62. The second kappa shape index (κ2) is 6.34. The minimum atomic E-state index is -1.04. The molecule has 0 aliphatic heterocycles. The quantitative estimate of drug-likeness (QED) is 0.441. The van der Waals surface area contributed by atoms with Crippen LogP contribution in [0, 0.1) is 5.41 Å². The SMILES string of the molecule is CCOC(=O)C(CC)(CC)C(=O)c1ccccc1. The lowest BCUT2D eigenvalue weighted by atomic mass is 9.76. The summed E-state index contributed by atoms with van der Waals surface area (Å²) in [6.45, 7) is 5.74. The number of carbonyl (C=O) groups is 2. The zero-order chi connectivity index (χ0) is 13.6. The Hall–Kier alpha value is -1.64. The van der Waals surface area contributed by atoms with Gasteiger partial charge in [-0.05, 0) is 19.8 Å². The lowest BCUT2D eigenvalue weighted by Gasteiger charge is -2.27. The lowest BCUT2D eigenvalue weighted by molar-refractivity contribution is -0.152. The molecule has 0 unspecified atom stereocenters. The molecule has 0 heterocycles. The molecule has 98 valence electrons. The Balaban J connectivity index is 3.12. The van der Waals surface area contributed by atoms with Crippen LogP contribution in [0.5, 0.6) is 0 Å². The molecule has 3 nitrogen and oxygen atoms in total. The smallest absolute Gasteiger partial charge is 0.319 e. The molecular weight excluding hydrogens is 228 g/mol. The van der Waals surface area contributed by atoms with E-state index < -0.39 is 11.4 Å². The summed E-state index contributed by atoms with van der Waals surface area (Å²) in [5, 5.41) is 0. The fraction of sp³-hybridized carbons (Fsp3) is 0.467. The van der Waals surface area contributed by atoms with Crippen molar-refractivity contribution in [3.05, 3.63) is 35.9 Å². The third kappa shape index (κ3) is 2.61. The number of hydrogen-bond donors (Lipinski definition) is 0. The number of ether oxygens (including phenoxy) is 1. The molecule has 0 amide bonds. The minimum absolute atomic E-state index is 0.147. The first-order valence-corrected chi connectivity index (χ1v) is 6.39. The van der Waals surface area contributed by atoms with Gasteiger partial charge in [0, 0.05) is 5.56 Å². The van der Waals surface area contributed by atoms with Crippen LogP contribution in [-0.2, 0) is 9.53 Å². The first-order valence-electron chi connectivity index (χ1n) is 6.39. The predicted molar refractivity (Wildman–Crippen MR) is 70.4 cm³/mol. The highest BCUT2D eigenvalue weighted by atomic mass is 16.5. The van der Waals surface area contributed by atoms with E-state index in [1.165, 1.54) is 0 Å². The van der Waals surface area contributed by atoms with Crippen molar-refractivity contribution in [1.29, 1.82) is 0 Å². The number of carbonyl (C=O) groups excluding carboxylic acids is 2. The van der Waals surface area contributed by atoms with Gasteiger partial charge in [0.1, 0.15) is 5.41 Å². The molecule has 0 spiro atoms. The number of ketones is 1. The Morgan fingerprint density at radius 1 is 1.06 bits per heavy atom. The van der Waals surface area contributed by atoms with Crippen molar-refractivity contribution >= 4 is 11.8 Å². The molecule has 1 aromatic rings. The van der Waals surface area contributed by atoms with Crippen LogP contribution in [0.15, 0.2) is 30.3 Å². The van der Waals surface area contributed by atoms with E-state index in [0.29, 0.717) is 25.0 Å². The van der Waals surface area contributed by atoms with E-state index in [9.17, 15) is 9.59 Å². The maximum absolute atomic E-state index is 12.5. The van der Waals surface area contributed by atoms with Gasteiger partial charge in [-0.1, -0.05) is 44.2 Å². The van der Waals surface area contributed by atoms with Crippen molar-refractivity contribution in [2.24, 2.45) is 5.41 Å². The average Bonchev–Trinajstić information content (AvgIpc) is 2.42. The van der Waals surface area contributed by atoms with E-state index in [2.05, 4.69) is 0 Å². The summed E-state index contributed by atoms with van der Waals surface area (Å²) in [5.41, 5.74) is -0.480. The molecule has 0 aromatic heterocycles. The van der Waals surface area contributed by atoms with Crippen LogP contribution in [0.4, 0.5) is 0 Å². The summed E-state index contributed by atoms with van der Waals surface area (Å²) >= 11 is 0. The Labute approximate surface area is 108 Å². The van der Waals surface area contributed by atoms with Crippen LogP contribution >= 0.6 is 0 Å². The molecule has 0 N–H and O–H groups in total. The molecule has 0 saturated heterocycles. The van der Waals surface area contributed by atoms with E-state index in [4.69, 9.17) is 4.74 Å². The molecule has 0 aliphatic rings. The molecular formula is C15H20O3. The number of hydrogen-bond acceptors (Lipinski definition) is 3. The number of rotatable bonds is 6. The normalized spacial score (nSPS) is 11.1. The molecule has 0 bridgehead atoms. The van der Waals surface area contributed by atoms with E-state index in [1.54, 1.807) is 31.2 Å². The molecule has 0 aliphatic carbocycles. The van der Waals surface area contributed by atoms with Gasteiger partial charge in [0.25, 0.3) is 0 Å². The molecule has 0 saturated carbocycles. The summed E-state index contributed by atoms with van der Waals surface area (Å²) in [5.74, 6) is -0.560. The van der Waals surface area contributed by atoms with Crippen molar-refractivity contribution in [1.82, 2.24) is 0 Å². The number of Topliss-reactive ketones (excluding diaryl/α,β-unsaturated/α-hetero) is 1. The fourth-order valence-electron chi connectivity index (χ4n) is 2.09. The molecule has 0 radical (unpaired) electrons. The van der Waals surface area contributed by atoms with Crippen LogP contribution in [0.2, 0.25) is 0 Å². The van der Waals surface area contributed by atoms with E-state index in [0.717, 1.165) is 0 Å². The maximum atomic E-state index is 12.5. The molecule has 1 rings (SSSR count). The van der Waals surface area contributed by atoms with Crippen LogP contribution < -0.4 is 0 Å². The van der Waals surface area contributed by atoms with Gasteiger partial charge in [-0.2, -0.15) is 0 Å². The average molecular weight is 248 g/mol. The van der Waals surface area contributed by atoms with Gasteiger partial charge in [0.05, 0.1) is 6.61 Å². The highest BCUT2D eigenvalue weighted by Gasteiger charge is 2.44. The largest absolute Gasteiger partial charge is 0.465 e. The second-order valence-electron chi connectivity index (χ2n) is 4.20. The Kier molecular flexibility index (Phi) is 5.08. The zero-order valence-corrected chi connectivity index (χ0v) is 11.2. The topological polar surface area (TPSA) is 43.4 Å². The van der Waals surface area contributed by atoms with Gasteiger partial charge in [0.2, 0.25) is 0 Å². The van der Waals surface area contributed by atoms with Gasteiger partial charge >= 0.3 is 5.97 Å². The summed E-state index contributed by atoms with van der Waals surface area (Å²) in [4.78, 5) is 24.6. The van der Waals surface area contributed by atoms with Crippen molar-refractivity contribution < 1.29 is 14.3 Å². The van der Waals surface area contributed by atoms with Crippen LogP contribution in [0.25, 0.3) is 0 Å². The van der Waals surface area contributed by atoms with Crippen molar-refractivity contribution in [2.45, 2.75) is 33.6 Å². The van der Waals surface area contributed by atoms with Crippen LogP contribution in [-0.4, -0.2) is 18.4 Å². The zero-order valence-electron chi connectivity index (χ0n) is 11.2. The summed E-state index contributed by atoms with van der Waals surface area (Å²) in [6.07, 6.45) is 0.909. The van der Waals surface area contributed by atoms with Gasteiger partial charge in [-0.25, -0.2) is 0 Å². The van der Waals surface area contributed by atoms with Crippen molar-refractivity contribution in [3.8, 4) is 0 Å². The number of esters is 1. The lowest BCUT2D eigenvalue weighted by Crippen LogP contribution is -2.39. The monoisotopic (exact) mass is 248 g/mol. The summed E-state index contributed by atoms with van der Waals surface area (Å²) in [7, 11) is 0. The third-order valence-electron chi connectivity index (χ3n) is 3.34. The Bertz CT molecular complexity index is 405. The van der Waals surface area contributed by atoms with E-state index >= 15 is 0 Å². The number of benzene rings is 1. The summed E-state index contributed by atoms with van der Waals surface area (Å²) in [6, 6.07) is 8.92. The molecule has 3 heteroatoms. The van der Waals surface area contributed by atoms with Crippen LogP contribution in [0.3, 0.4) is 0 Å². The molecule has 18 heavy (non-hydrogen) atoms. The van der Waals surface area contributed by atoms with E-state index in [-0.39, 0.29) is 5.78 Å². The van der Waals surface area contributed by atoms with Crippen molar-refractivity contribution in [3.63, 3.8) is 0 Å². The third-order valence-corrected chi connectivity index (χ3v) is 3.34. The van der Waals surface area contributed by atoms with Crippen molar-refractivity contribution in [2.75, 3.05) is 6.61 Å². The van der Waals surface area contributed by atoms with Crippen LogP contribution in [0.1, 0.15) is 44.0 Å². The summed E-state index contributed by atoms with van der Waals surface area (Å²) < 4.78 is 5.07. The predicted octanol–water partition coefficient (Wildman–Crippen LogP) is 3.24. The Morgan fingerprint density at radius 3 is 2.06 bits per heavy atom. The first kappa shape index (κ1) is 14.4. The Morgan fingerprint density at radius 2 is 1.61 bits per heavy atom. The van der Waals surface area contributed by atoms with Gasteiger partial charge in [0.15, 0.2) is 5.78 Å². The minimum Gasteiger partial charge on any atom is -0.465 e. The fourth-order valence-corrected chi connectivity index (χ4v) is 2.09. The highest BCUT2D eigenvalue weighted by molar-refractivity contribution is 6.12. The standard InChI is InChI=1S/C15H20O3/c1-4-15(5-2,14(17)18-6-3)13(16)12-10-8-7-9-11-12/h7-11H,4-6H2,1-3H3. The van der Waals surface area contributed by atoms with E-state index in [1.807, 2.05) is 19.9 Å². The molecule has 1 aromatic carbocycles.